The zero-order valence-corrected chi connectivity index (χ0v) is 10.6. The Balaban J connectivity index is 2.06. The first-order chi connectivity index (χ1) is 9.22. The lowest BCUT2D eigenvalue weighted by Crippen LogP contribution is -1.97. The number of nitrogen functional groups attached to an aromatic ring is 1. The minimum absolute atomic E-state index is 0.430. The van der Waals surface area contributed by atoms with Gasteiger partial charge in [-0.05, 0) is 18.2 Å². The van der Waals surface area contributed by atoms with Crippen molar-refractivity contribution in [2.75, 3.05) is 11.1 Å². The van der Waals surface area contributed by atoms with Gasteiger partial charge in [-0.15, -0.1) is 0 Å². The fourth-order valence-electron chi connectivity index (χ4n) is 1.77. The molecule has 0 unspecified atom stereocenters. The Bertz CT molecular complexity index is 744. The minimum atomic E-state index is 0.430. The predicted octanol–water partition coefficient (Wildman–Crippen LogP) is 3.00. The largest absolute Gasteiger partial charge is 0.384 e. The molecule has 0 fully saturated rings. The topological polar surface area (TPSA) is 76.7 Å². The highest BCUT2D eigenvalue weighted by Crippen LogP contribution is 2.24. The number of hydrogen-bond acceptors (Lipinski definition) is 5. The molecule has 0 atom stereocenters. The molecule has 0 aliphatic carbocycles. The molecule has 0 saturated heterocycles. The van der Waals surface area contributed by atoms with E-state index in [9.17, 15) is 0 Å². The van der Waals surface area contributed by atoms with Crippen molar-refractivity contribution in [2.24, 2.45) is 0 Å². The Morgan fingerprint density at radius 1 is 1.11 bits per heavy atom. The van der Waals surface area contributed by atoms with Crippen LogP contribution in [-0.2, 0) is 0 Å². The Morgan fingerprint density at radius 3 is 2.84 bits per heavy atom. The van der Waals surface area contributed by atoms with Crippen molar-refractivity contribution in [1.29, 1.82) is 0 Å². The molecule has 2 aromatic heterocycles. The number of anilines is 3. The summed E-state index contributed by atoms with van der Waals surface area (Å²) in [7, 11) is 0. The Hall–Kier alpha value is -2.40. The molecule has 2 heterocycles. The summed E-state index contributed by atoms with van der Waals surface area (Å²) >= 11 is 5.95. The highest BCUT2D eigenvalue weighted by molar-refractivity contribution is 6.30. The maximum atomic E-state index is 5.95. The Labute approximate surface area is 114 Å². The monoisotopic (exact) mass is 271 g/mol. The normalized spacial score (nSPS) is 10.6. The van der Waals surface area contributed by atoms with E-state index in [1.165, 1.54) is 6.33 Å². The lowest BCUT2D eigenvalue weighted by atomic mass is 10.2. The van der Waals surface area contributed by atoms with E-state index in [-0.39, 0.29) is 0 Å². The average molecular weight is 272 g/mol. The minimum Gasteiger partial charge on any atom is -0.384 e. The van der Waals surface area contributed by atoms with Gasteiger partial charge in [-0.1, -0.05) is 17.7 Å². The van der Waals surface area contributed by atoms with Gasteiger partial charge in [-0.2, -0.15) is 0 Å². The zero-order valence-electron chi connectivity index (χ0n) is 9.84. The summed E-state index contributed by atoms with van der Waals surface area (Å²) in [4.78, 5) is 12.4. The molecular formula is C13H10ClN5. The number of hydrogen-bond donors (Lipinski definition) is 2. The van der Waals surface area contributed by atoms with Gasteiger partial charge < -0.3 is 11.1 Å². The first kappa shape index (κ1) is 11.7. The number of halogens is 1. The van der Waals surface area contributed by atoms with Crippen LogP contribution < -0.4 is 11.1 Å². The van der Waals surface area contributed by atoms with E-state index in [0.29, 0.717) is 16.7 Å². The highest BCUT2D eigenvalue weighted by Gasteiger charge is 2.05. The van der Waals surface area contributed by atoms with Gasteiger partial charge in [0.15, 0.2) is 0 Å². The molecule has 0 aliphatic heterocycles. The summed E-state index contributed by atoms with van der Waals surface area (Å²) in [5.41, 5.74) is 7.23. The lowest BCUT2D eigenvalue weighted by Gasteiger charge is -2.08. The van der Waals surface area contributed by atoms with Gasteiger partial charge in [0.05, 0.1) is 10.9 Å². The number of rotatable bonds is 2. The number of fused-ring (bicyclic) bond motifs is 1. The van der Waals surface area contributed by atoms with Crippen molar-refractivity contribution in [3.05, 3.63) is 47.9 Å². The van der Waals surface area contributed by atoms with E-state index in [1.54, 1.807) is 12.3 Å². The van der Waals surface area contributed by atoms with E-state index in [1.807, 2.05) is 24.3 Å². The number of pyridine rings is 1. The molecule has 3 N–H and O–H groups in total. The molecule has 0 spiro atoms. The molecule has 3 rings (SSSR count). The van der Waals surface area contributed by atoms with Crippen LogP contribution in [0.2, 0.25) is 5.02 Å². The average Bonchev–Trinajstić information content (AvgIpc) is 2.38. The third-order valence-corrected chi connectivity index (χ3v) is 2.86. The van der Waals surface area contributed by atoms with Gasteiger partial charge in [0.2, 0.25) is 0 Å². The number of benzene rings is 1. The Kier molecular flexibility index (Phi) is 2.89. The van der Waals surface area contributed by atoms with Crippen LogP contribution >= 0.6 is 11.6 Å². The van der Waals surface area contributed by atoms with Crippen molar-refractivity contribution in [3.63, 3.8) is 0 Å². The molecule has 1 aromatic carbocycles. The number of nitrogens with one attached hydrogen (secondary N) is 1. The molecule has 0 radical (unpaired) electrons. The maximum absolute atomic E-state index is 5.95. The van der Waals surface area contributed by atoms with Crippen molar-refractivity contribution in [3.8, 4) is 0 Å². The van der Waals surface area contributed by atoms with E-state index in [2.05, 4.69) is 20.3 Å². The SMILES string of the molecule is Nc1cc2ncnc(Nc3cccc(Cl)c3)c2cn1. The summed E-state index contributed by atoms with van der Waals surface area (Å²) in [6.45, 7) is 0. The van der Waals surface area contributed by atoms with E-state index >= 15 is 0 Å². The predicted molar refractivity (Wildman–Crippen MR) is 76.5 cm³/mol. The summed E-state index contributed by atoms with van der Waals surface area (Å²) in [6, 6.07) is 9.11. The smallest absolute Gasteiger partial charge is 0.143 e. The standard InChI is InChI=1S/C13H10ClN5/c14-8-2-1-3-9(4-8)19-13-10-6-16-12(15)5-11(10)17-7-18-13/h1-7H,(H2,15,16)(H,17,18,19). The Morgan fingerprint density at radius 2 is 2.00 bits per heavy atom. The summed E-state index contributed by atoms with van der Waals surface area (Å²) in [5, 5.41) is 4.65. The first-order valence-electron chi connectivity index (χ1n) is 5.61. The third kappa shape index (κ3) is 2.41. The second kappa shape index (κ2) is 4.70. The van der Waals surface area contributed by atoms with Crippen LogP contribution in [0.4, 0.5) is 17.3 Å². The molecule has 6 heteroatoms. The first-order valence-corrected chi connectivity index (χ1v) is 5.99. The fourth-order valence-corrected chi connectivity index (χ4v) is 1.96. The molecule has 0 saturated carbocycles. The zero-order chi connectivity index (χ0) is 13.2. The molecule has 5 nitrogen and oxygen atoms in total. The number of aromatic nitrogens is 3. The second-order valence-electron chi connectivity index (χ2n) is 3.98. The van der Waals surface area contributed by atoms with Gasteiger partial charge in [0.25, 0.3) is 0 Å². The van der Waals surface area contributed by atoms with Crippen LogP contribution in [-0.4, -0.2) is 15.0 Å². The molecular weight excluding hydrogens is 262 g/mol. The van der Waals surface area contributed by atoms with Crippen molar-refractivity contribution >= 4 is 39.8 Å². The molecule has 94 valence electrons. The van der Waals surface area contributed by atoms with Crippen LogP contribution in [0.25, 0.3) is 10.9 Å². The maximum Gasteiger partial charge on any atom is 0.143 e. The highest BCUT2D eigenvalue weighted by atomic mass is 35.5. The van der Waals surface area contributed by atoms with Gasteiger partial charge >= 0.3 is 0 Å². The molecule has 0 bridgehead atoms. The second-order valence-corrected chi connectivity index (χ2v) is 4.42. The van der Waals surface area contributed by atoms with Crippen molar-refractivity contribution < 1.29 is 0 Å². The lowest BCUT2D eigenvalue weighted by molar-refractivity contribution is 1.21. The number of nitrogens with zero attached hydrogens (tertiary/aromatic N) is 3. The molecule has 0 aliphatic rings. The van der Waals surface area contributed by atoms with Gasteiger partial charge in [0.1, 0.15) is 18.0 Å². The van der Waals surface area contributed by atoms with Crippen LogP contribution in [0.5, 0.6) is 0 Å². The quantitative estimate of drug-likeness (QED) is 0.749. The number of nitrogens with two attached hydrogens (primary N) is 1. The third-order valence-electron chi connectivity index (χ3n) is 2.63. The van der Waals surface area contributed by atoms with Gasteiger partial charge in [-0.25, -0.2) is 15.0 Å². The van der Waals surface area contributed by atoms with Gasteiger partial charge in [0, 0.05) is 23.0 Å². The van der Waals surface area contributed by atoms with E-state index in [0.717, 1.165) is 16.6 Å². The molecule has 3 aromatic rings. The van der Waals surface area contributed by atoms with Crippen LogP contribution in [0.3, 0.4) is 0 Å². The summed E-state index contributed by atoms with van der Waals surface area (Å²) in [5.74, 6) is 1.10. The van der Waals surface area contributed by atoms with Crippen LogP contribution in [0, 0.1) is 0 Å². The van der Waals surface area contributed by atoms with Gasteiger partial charge in [-0.3, -0.25) is 0 Å². The summed E-state index contributed by atoms with van der Waals surface area (Å²) < 4.78 is 0. The van der Waals surface area contributed by atoms with E-state index < -0.39 is 0 Å². The summed E-state index contributed by atoms with van der Waals surface area (Å²) in [6.07, 6.45) is 3.13. The van der Waals surface area contributed by atoms with Crippen LogP contribution in [0.15, 0.2) is 42.9 Å². The van der Waals surface area contributed by atoms with Crippen LogP contribution in [0.1, 0.15) is 0 Å². The fraction of sp³-hybridized carbons (Fsp3) is 0. The van der Waals surface area contributed by atoms with Crippen molar-refractivity contribution in [1.82, 2.24) is 15.0 Å². The molecule has 19 heavy (non-hydrogen) atoms. The molecule has 0 amide bonds. The van der Waals surface area contributed by atoms with E-state index in [4.69, 9.17) is 17.3 Å². The van der Waals surface area contributed by atoms with Crippen molar-refractivity contribution in [2.45, 2.75) is 0 Å².